The number of thiocarbonyl (C=S) groups is 1. The second kappa shape index (κ2) is 11.4. The summed E-state index contributed by atoms with van der Waals surface area (Å²) in [5, 5.41) is 7.01. The third-order valence-corrected chi connectivity index (χ3v) is 5.79. The quantitative estimate of drug-likeness (QED) is 0.524. The van der Waals surface area contributed by atoms with Crippen LogP contribution in [0.15, 0.2) is 24.3 Å². The van der Waals surface area contributed by atoms with Gasteiger partial charge in [-0.3, -0.25) is 4.79 Å². The van der Waals surface area contributed by atoms with Crippen LogP contribution in [0.1, 0.15) is 68.1 Å². The van der Waals surface area contributed by atoms with Gasteiger partial charge < -0.3 is 20.3 Å². The van der Waals surface area contributed by atoms with Crippen molar-refractivity contribution in [2.75, 3.05) is 31.6 Å². The van der Waals surface area contributed by atoms with Gasteiger partial charge in [0.2, 0.25) is 0 Å². The lowest BCUT2D eigenvalue weighted by molar-refractivity contribution is 0.0277. The standard InChI is InChI=1S/C22H33N3O2S/c26-21(25-15-5-2-6-16-25)18-10-12-19(13-11-18)24-22(28)23-14-7-17-27-20-8-3-1-4-9-20/h10-13,20H,1-9,14-17H2,(H2,23,24,28). The molecule has 2 fully saturated rings. The number of rotatable bonds is 7. The van der Waals surface area contributed by atoms with E-state index in [1.165, 1.54) is 38.5 Å². The van der Waals surface area contributed by atoms with E-state index in [1.807, 2.05) is 29.2 Å². The molecule has 1 amide bonds. The van der Waals surface area contributed by atoms with E-state index in [2.05, 4.69) is 10.6 Å². The fraction of sp³-hybridized carbons (Fsp3) is 0.636. The van der Waals surface area contributed by atoms with E-state index in [1.54, 1.807) is 0 Å². The highest BCUT2D eigenvalue weighted by Crippen LogP contribution is 2.20. The van der Waals surface area contributed by atoms with Gasteiger partial charge in [0.15, 0.2) is 5.11 Å². The zero-order valence-electron chi connectivity index (χ0n) is 16.8. The minimum absolute atomic E-state index is 0.130. The van der Waals surface area contributed by atoms with Gasteiger partial charge in [-0.05, 0) is 75.0 Å². The molecule has 6 heteroatoms. The molecule has 2 N–H and O–H groups in total. The predicted molar refractivity (Wildman–Crippen MR) is 118 cm³/mol. The summed E-state index contributed by atoms with van der Waals surface area (Å²) >= 11 is 5.36. The highest BCUT2D eigenvalue weighted by molar-refractivity contribution is 7.80. The number of hydrogen-bond donors (Lipinski definition) is 2. The molecule has 2 aliphatic rings. The van der Waals surface area contributed by atoms with Crippen molar-refractivity contribution in [2.24, 2.45) is 0 Å². The molecule has 1 aromatic rings. The van der Waals surface area contributed by atoms with Gasteiger partial charge in [0.1, 0.15) is 0 Å². The Morgan fingerprint density at radius 2 is 1.71 bits per heavy atom. The van der Waals surface area contributed by atoms with Gasteiger partial charge in [-0.15, -0.1) is 0 Å². The van der Waals surface area contributed by atoms with Crippen LogP contribution < -0.4 is 10.6 Å². The van der Waals surface area contributed by atoms with Crippen molar-refractivity contribution >= 4 is 28.9 Å². The van der Waals surface area contributed by atoms with Gasteiger partial charge in [-0.2, -0.15) is 0 Å². The number of carbonyl (C=O) groups excluding carboxylic acids is 1. The lowest BCUT2D eigenvalue weighted by Crippen LogP contribution is -2.35. The second-order valence-electron chi connectivity index (χ2n) is 7.80. The summed E-state index contributed by atoms with van der Waals surface area (Å²) in [7, 11) is 0. The Hall–Kier alpha value is -1.66. The van der Waals surface area contributed by atoms with Crippen LogP contribution in [-0.2, 0) is 4.74 Å². The molecule has 1 aliphatic carbocycles. The van der Waals surface area contributed by atoms with E-state index >= 15 is 0 Å². The van der Waals surface area contributed by atoms with Crippen LogP contribution in [0.3, 0.4) is 0 Å². The first kappa shape index (κ1) is 21.1. The molecule has 3 rings (SSSR count). The van der Waals surface area contributed by atoms with Crippen LogP contribution >= 0.6 is 12.2 Å². The van der Waals surface area contributed by atoms with Crippen LogP contribution in [-0.4, -0.2) is 48.3 Å². The van der Waals surface area contributed by atoms with Crippen molar-refractivity contribution in [1.29, 1.82) is 0 Å². The summed E-state index contributed by atoms with van der Waals surface area (Å²) in [4.78, 5) is 14.5. The number of piperidine rings is 1. The van der Waals surface area contributed by atoms with E-state index in [9.17, 15) is 4.79 Å². The molecule has 28 heavy (non-hydrogen) atoms. The summed E-state index contributed by atoms with van der Waals surface area (Å²) in [6.07, 6.45) is 11.2. The molecule has 0 unspecified atom stereocenters. The number of anilines is 1. The van der Waals surface area contributed by atoms with Crippen LogP contribution in [0.4, 0.5) is 5.69 Å². The smallest absolute Gasteiger partial charge is 0.253 e. The lowest BCUT2D eigenvalue weighted by Gasteiger charge is -2.26. The Balaban J connectivity index is 1.33. The number of amides is 1. The summed E-state index contributed by atoms with van der Waals surface area (Å²) < 4.78 is 5.93. The molecule has 1 aliphatic heterocycles. The molecular formula is C22H33N3O2S. The zero-order valence-corrected chi connectivity index (χ0v) is 17.6. The molecule has 1 saturated carbocycles. The number of hydrogen-bond acceptors (Lipinski definition) is 3. The monoisotopic (exact) mass is 403 g/mol. The second-order valence-corrected chi connectivity index (χ2v) is 8.20. The maximum Gasteiger partial charge on any atom is 0.253 e. The third-order valence-electron chi connectivity index (χ3n) is 5.55. The van der Waals surface area contributed by atoms with Gasteiger partial charge in [-0.1, -0.05) is 19.3 Å². The number of nitrogens with one attached hydrogen (secondary N) is 2. The molecule has 1 heterocycles. The molecule has 0 atom stereocenters. The van der Waals surface area contributed by atoms with Crippen molar-refractivity contribution in [2.45, 2.75) is 63.9 Å². The van der Waals surface area contributed by atoms with E-state index in [0.717, 1.165) is 56.8 Å². The highest BCUT2D eigenvalue weighted by atomic mass is 32.1. The fourth-order valence-corrected chi connectivity index (χ4v) is 4.13. The summed E-state index contributed by atoms with van der Waals surface area (Å²) in [6, 6.07) is 7.58. The van der Waals surface area contributed by atoms with Crippen molar-refractivity contribution in [3.8, 4) is 0 Å². The van der Waals surface area contributed by atoms with E-state index in [-0.39, 0.29) is 5.91 Å². The Morgan fingerprint density at radius 1 is 1.04 bits per heavy atom. The normalized spacial score (nSPS) is 17.9. The Bertz CT molecular complexity index is 623. The first-order chi connectivity index (χ1) is 13.7. The molecule has 0 spiro atoms. The summed E-state index contributed by atoms with van der Waals surface area (Å²) in [6.45, 7) is 3.33. The minimum Gasteiger partial charge on any atom is -0.378 e. The topological polar surface area (TPSA) is 53.6 Å². The fourth-order valence-electron chi connectivity index (χ4n) is 3.91. The number of carbonyl (C=O) groups is 1. The third kappa shape index (κ3) is 6.74. The van der Waals surface area contributed by atoms with E-state index < -0.39 is 0 Å². The van der Waals surface area contributed by atoms with Crippen molar-refractivity contribution in [3.05, 3.63) is 29.8 Å². The van der Waals surface area contributed by atoms with Crippen molar-refractivity contribution < 1.29 is 9.53 Å². The van der Waals surface area contributed by atoms with E-state index in [0.29, 0.717) is 11.2 Å². The lowest BCUT2D eigenvalue weighted by atomic mass is 9.98. The highest BCUT2D eigenvalue weighted by Gasteiger charge is 2.18. The van der Waals surface area contributed by atoms with Crippen LogP contribution in [0.25, 0.3) is 0 Å². The molecule has 5 nitrogen and oxygen atoms in total. The molecule has 154 valence electrons. The molecule has 1 aromatic carbocycles. The first-order valence-corrected chi connectivity index (χ1v) is 11.2. The van der Waals surface area contributed by atoms with Crippen LogP contribution in [0.2, 0.25) is 0 Å². The molecule has 0 radical (unpaired) electrons. The Labute approximate surface area is 174 Å². The number of benzene rings is 1. The summed E-state index contributed by atoms with van der Waals surface area (Å²) in [5.74, 6) is 0.130. The minimum atomic E-state index is 0.130. The van der Waals surface area contributed by atoms with Crippen LogP contribution in [0, 0.1) is 0 Å². The van der Waals surface area contributed by atoms with Gasteiger partial charge in [0.25, 0.3) is 5.91 Å². The zero-order chi connectivity index (χ0) is 19.6. The predicted octanol–water partition coefficient (Wildman–Crippen LogP) is 4.34. The largest absolute Gasteiger partial charge is 0.378 e. The molecular weight excluding hydrogens is 370 g/mol. The SMILES string of the molecule is O=C(c1ccc(NC(=S)NCCCOC2CCCCC2)cc1)N1CCCCC1. The maximum atomic E-state index is 12.5. The first-order valence-electron chi connectivity index (χ1n) is 10.8. The van der Waals surface area contributed by atoms with E-state index in [4.69, 9.17) is 17.0 Å². The number of likely N-dealkylation sites (tertiary alicyclic amines) is 1. The molecule has 0 bridgehead atoms. The summed E-state index contributed by atoms with van der Waals surface area (Å²) in [5.41, 5.74) is 1.64. The van der Waals surface area contributed by atoms with Crippen molar-refractivity contribution in [1.82, 2.24) is 10.2 Å². The average Bonchev–Trinajstić information content (AvgIpc) is 2.75. The Kier molecular flexibility index (Phi) is 8.55. The van der Waals surface area contributed by atoms with Gasteiger partial charge in [0, 0.05) is 37.5 Å². The average molecular weight is 404 g/mol. The Morgan fingerprint density at radius 3 is 2.43 bits per heavy atom. The molecule has 0 aromatic heterocycles. The number of ether oxygens (including phenoxy) is 1. The van der Waals surface area contributed by atoms with Crippen LogP contribution in [0.5, 0.6) is 0 Å². The van der Waals surface area contributed by atoms with Gasteiger partial charge in [0.05, 0.1) is 6.10 Å². The number of nitrogens with zero attached hydrogens (tertiary/aromatic N) is 1. The molecule has 1 saturated heterocycles. The van der Waals surface area contributed by atoms with Gasteiger partial charge >= 0.3 is 0 Å². The maximum absolute atomic E-state index is 12.5. The van der Waals surface area contributed by atoms with Crippen molar-refractivity contribution in [3.63, 3.8) is 0 Å². The van der Waals surface area contributed by atoms with Gasteiger partial charge in [-0.25, -0.2) is 0 Å².